The Morgan fingerprint density at radius 2 is 1.95 bits per heavy atom. The van der Waals surface area contributed by atoms with E-state index >= 15 is 0 Å². The van der Waals surface area contributed by atoms with Crippen molar-refractivity contribution in [2.75, 3.05) is 18.5 Å². The first-order chi connectivity index (χ1) is 9.56. The SMILES string of the molecule is Cc1cccc(NCCOc2cc(Cl)c(Br)cc2Cl)c1. The molecule has 0 fully saturated rings. The summed E-state index contributed by atoms with van der Waals surface area (Å²) in [5, 5.41) is 4.41. The summed E-state index contributed by atoms with van der Waals surface area (Å²) in [6.45, 7) is 3.25. The Kier molecular flexibility index (Phi) is 5.58. The van der Waals surface area contributed by atoms with Gasteiger partial charge in [0.15, 0.2) is 0 Å². The zero-order valence-corrected chi connectivity index (χ0v) is 14.0. The Hall–Kier alpha value is -0.900. The molecule has 0 amide bonds. The molecule has 0 bridgehead atoms. The van der Waals surface area contributed by atoms with Gasteiger partial charge in [0.2, 0.25) is 0 Å². The molecule has 0 radical (unpaired) electrons. The van der Waals surface area contributed by atoms with E-state index in [1.807, 2.05) is 12.1 Å². The van der Waals surface area contributed by atoms with E-state index in [9.17, 15) is 0 Å². The summed E-state index contributed by atoms with van der Waals surface area (Å²) in [5.74, 6) is 0.589. The number of hydrogen-bond acceptors (Lipinski definition) is 2. The number of rotatable bonds is 5. The van der Waals surface area contributed by atoms with Crippen molar-refractivity contribution in [3.63, 3.8) is 0 Å². The molecule has 0 atom stereocenters. The van der Waals surface area contributed by atoms with E-state index in [-0.39, 0.29) is 0 Å². The Morgan fingerprint density at radius 3 is 2.70 bits per heavy atom. The maximum atomic E-state index is 6.08. The smallest absolute Gasteiger partial charge is 0.139 e. The molecule has 0 aliphatic carbocycles. The van der Waals surface area contributed by atoms with E-state index < -0.39 is 0 Å². The van der Waals surface area contributed by atoms with Crippen LogP contribution in [0.5, 0.6) is 5.75 Å². The minimum absolute atomic E-state index is 0.506. The Bertz CT molecular complexity index is 604. The van der Waals surface area contributed by atoms with Gasteiger partial charge >= 0.3 is 0 Å². The van der Waals surface area contributed by atoms with Gasteiger partial charge in [-0.1, -0.05) is 35.3 Å². The summed E-state index contributed by atoms with van der Waals surface area (Å²) in [5.41, 5.74) is 2.30. The number of anilines is 1. The number of aryl methyl sites for hydroxylation is 1. The van der Waals surface area contributed by atoms with Crippen LogP contribution in [-0.2, 0) is 0 Å². The van der Waals surface area contributed by atoms with Crippen molar-refractivity contribution in [2.24, 2.45) is 0 Å². The predicted octanol–water partition coefficient (Wildman–Crippen LogP) is 5.56. The predicted molar refractivity (Wildman–Crippen MR) is 89.3 cm³/mol. The fourth-order valence-corrected chi connectivity index (χ4v) is 2.57. The maximum absolute atomic E-state index is 6.08. The molecule has 0 aliphatic rings. The van der Waals surface area contributed by atoms with Gasteiger partial charge in [0.05, 0.1) is 10.0 Å². The molecule has 1 N–H and O–H groups in total. The molecular weight excluding hydrogens is 361 g/mol. The third kappa shape index (κ3) is 4.30. The monoisotopic (exact) mass is 373 g/mol. The first-order valence-electron chi connectivity index (χ1n) is 6.14. The summed E-state index contributed by atoms with van der Waals surface area (Å²) in [7, 11) is 0. The fraction of sp³-hybridized carbons (Fsp3) is 0.200. The number of halogens is 3. The second-order valence-electron chi connectivity index (χ2n) is 4.34. The van der Waals surface area contributed by atoms with Crippen molar-refractivity contribution < 1.29 is 4.74 Å². The van der Waals surface area contributed by atoms with Crippen LogP contribution in [0.2, 0.25) is 10.0 Å². The van der Waals surface area contributed by atoms with Crippen LogP contribution in [0.1, 0.15) is 5.56 Å². The average molecular weight is 375 g/mol. The Morgan fingerprint density at radius 1 is 1.15 bits per heavy atom. The molecule has 106 valence electrons. The molecule has 0 aliphatic heterocycles. The lowest BCUT2D eigenvalue weighted by atomic mass is 10.2. The van der Waals surface area contributed by atoms with Gasteiger partial charge in [0, 0.05) is 22.8 Å². The summed E-state index contributed by atoms with van der Waals surface area (Å²) in [4.78, 5) is 0. The second-order valence-corrected chi connectivity index (χ2v) is 6.01. The lowest BCUT2D eigenvalue weighted by Crippen LogP contribution is -2.11. The van der Waals surface area contributed by atoms with Crippen molar-refractivity contribution in [1.82, 2.24) is 0 Å². The van der Waals surface area contributed by atoms with Crippen molar-refractivity contribution >= 4 is 44.8 Å². The second kappa shape index (κ2) is 7.21. The lowest BCUT2D eigenvalue weighted by Gasteiger charge is -2.11. The van der Waals surface area contributed by atoms with Crippen LogP contribution in [0, 0.1) is 6.92 Å². The summed E-state index contributed by atoms with van der Waals surface area (Å²) in [6, 6.07) is 11.6. The van der Waals surface area contributed by atoms with Crippen molar-refractivity contribution in [1.29, 1.82) is 0 Å². The normalized spacial score (nSPS) is 10.4. The first-order valence-corrected chi connectivity index (χ1v) is 7.69. The summed E-state index contributed by atoms with van der Waals surface area (Å²) in [6.07, 6.45) is 0. The highest BCUT2D eigenvalue weighted by molar-refractivity contribution is 9.10. The van der Waals surface area contributed by atoms with Gasteiger partial charge in [-0.3, -0.25) is 0 Å². The van der Waals surface area contributed by atoms with E-state index in [0.29, 0.717) is 28.9 Å². The van der Waals surface area contributed by atoms with Crippen LogP contribution in [0.3, 0.4) is 0 Å². The fourth-order valence-electron chi connectivity index (χ4n) is 1.73. The molecule has 2 nitrogen and oxygen atoms in total. The topological polar surface area (TPSA) is 21.3 Å². The van der Waals surface area contributed by atoms with E-state index in [2.05, 4.69) is 40.3 Å². The van der Waals surface area contributed by atoms with E-state index in [1.54, 1.807) is 12.1 Å². The Labute approximate surface area is 137 Å². The van der Waals surface area contributed by atoms with Crippen molar-refractivity contribution in [3.8, 4) is 5.75 Å². The van der Waals surface area contributed by atoms with Crippen LogP contribution in [-0.4, -0.2) is 13.2 Å². The van der Waals surface area contributed by atoms with Gasteiger partial charge < -0.3 is 10.1 Å². The van der Waals surface area contributed by atoms with Gasteiger partial charge in [-0.15, -0.1) is 0 Å². The van der Waals surface area contributed by atoms with Crippen LogP contribution in [0.25, 0.3) is 0 Å². The van der Waals surface area contributed by atoms with Crippen LogP contribution in [0.4, 0.5) is 5.69 Å². The minimum Gasteiger partial charge on any atom is -0.490 e. The van der Waals surface area contributed by atoms with Crippen LogP contribution >= 0.6 is 39.1 Å². The van der Waals surface area contributed by atoms with Gasteiger partial charge in [0.25, 0.3) is 0 Å². The highest BCUT2D eigenvalue weighted by Gasteiger charge is 2.06. The molecule has 0 spiro atoms. The van der Waals surface area contributed by atoms with E-state index in [0.717, 1.165) is 10.2 Å². The number of hydrogen-bond donors (Lipinski definition) is 1. The van der Waals surface area contributed by atoms with Crippen LogP contribution in [0.15, 0.2) is 40.9 Å². The van der Waals surface area contributed by atoms with Gasteiger partial charge in [-0.2, -0.15) is 0 Å². The molecule has 2 aromatic carbocycles. The molecule has 2 rings (SSSR count). The van der Waals surface area contributed by atoms with Gasteiger partial charge in [-0.05, 0) is 46.6 Å². The van der Waals surface area contributed by atoms with Crippen LogP contribution < -0.4 is 10.1 Å². The molecule has 20 heavy (non-hydrogen) atoms. The molecule has 0 saturated carbocycles. The first kappa shape index (κ1) is 15.5. The largest absolute Gasteiger partial charge is 0.490 e. The maximum Gasteiger partial charge on any atom is 0.139 e. The average Bonchev–Trinajstić information content (AvgIpc) is 2.40. The van der Waals surface area contributed by atoms with Gasteiger partial charge in [-0.25, -0.2) is 0 Å². The quantitative estimate of drug-likeness (QED) is 0.546. The van der Waals surface area contributed by atoms with E-state index in [1.165, 1.54) is 5.56 Å². The zero-order chi connectivity index (χ0) is 14.5. The van der Waals surface area contributed by atoms with Crippen molar-refractivity contribution in [3.05, 3.63) is 56.5 Å². The third-order valence-electron chi connectivity index (χ3n) is 2.68. The molecule has 0 heterocycles. The van der Waals surface area contributed by atoms with E-state index in [4.69, 9.17) is 27.9 Å². The molecule has 2 aromatic rings. The minimum atomic E-state index is 0.506. The number of benzene rings is 2. The summed E-state index contributed by atoms with van der Waals surface area (Å²) >= 11 is 15.4. The lowest BCUT2D eigenvalue weighted by molar-refractivity contribution is 0.333. The highest BCUT2D eigenvalue weighted by atomic mass is 79.9. The molecule has 0 saturated heterocycles. The molecule has 0 unspecified atom stereocenters. The Balaban J connectivity index is 1.86. The summed E-state index contributed by atoms with van der Waals surface area (Å²) < 4.78 is 6.38. The zero-order valence-electron chi connectivity index (χ0n) is 10.9. The van der Waals surface area contributed by atoms with Gasteiger partial charge in [0.1, 0.15) is 12.4 Å². The highest BCUT2D eigenvalue weighted by Crippen LogP contribution is 2.33. The standard InChI is InChI=1S/C15H14BrCl2NO/c1-10-3-2-4-11(7-10)19-5-6-20-15-9-13(17)12(16)8-14(15)18/h2-4,7-9,19H,5-6H2,1H3. The van der Waals surface area contributed by atoms with Crippen molar-refractivity contribution in [2.45, 2.75) is 6.92 Å². The molecular formula is C15H14BrCl2NO. The molecule has 0 aromatic heterocycles. The third-order valence-corrected chi connectivity index (χ3v) is 4.17. The molecule has 5 heteroatoms. The number of nitrogens with one attached hydrogen (secondary N) is 1. The number of ether oxygens (including phenoxy) is 1.